The summed E-state index contributed by atoms with van der Waals surface area (Å²) in [5, 5.41) is 0. The molecule has 0 aliphatic carbocycles. The van der Waals surface area contributed by atoms with Gasteiger partial charge in [-0.25, -0.2) is 0 Å². The third kappa shape index (κ3) is 59.4. The Labute approximate surface area is 510 Å². The van der Waals surface area contributed by atoms with Crippen LogP contribution >= 0.6 is 64.8 Å². The summed E-state index contributed by atoms with van der Waals surface area (Å²) in [6, 6.07) is 0. The summed E-state index contributed by atoms with van der Waals surface area (Å²) in [6.45, 7) is 18.8. The normalized spacial score (nSPS) is 12.0. The molecule has 17 heteroatoms. The predicted octanol–water partition coefficient (Wildman–Crippen LogP) is 17.4. The smallest absolute Gasteiger partial charge is 0.307 e. The van der Waals surface area contributed by atoms with E-state index in [1.807, 2.05) is 32.4 Å². The lowest BCUT2D eigenvalue weighted by atomic mass is 9.96. The molecule has 0 fully saturated rings. The molecule has 0 aromatic carbocycles. The summed E-state index contributed by atoms with van der Waals surface area (Å²) in [4.78, 5) is 58.5. The second-order valence-electron chi connectivity index (χ2n) is 21.5. The van der Waals surface area contributed by atoms with Crippen LogP contribution in [-0.4, -0.2) is 159 Å². The van der Waals surface area contributed by atoms with E-state index in [2.05, 4.69) is 56.4 Å². The number of carbonyl (C=O) groups is 4. The maximum Gasteiger partial charge on any atom is 0.307 e. The summed E-state index contributed by atoms with van der Waals surface area (Å²) < 4.78 is 22.8. The quantitative estimate of drug-likeness (QED) is 0.0249. The van der Waals surface area contributed by atoms with Gasteiger partial charge in [-0.15, -0.1) is 0 Å². The van der Waals surface area contributed by atoms with Gasteiger partial charge in [-0.2, -0.15) is 0 Å². The molecule has 0 aliphatic rings. The average molecular weight is 1230 g/mol. The Morgan fingerprint density at radius 1 is 0.316 bits per heavy atom. The van der Waals surface area contributed by atoms with Gasteiger partial charge in [-0.3, -0.25) is 19.2 Å². The fourth-order valence-corrected chi connectivity index (χ4v) is 14.9. The lowest BCUT2D eigenvalue weighted by molar-refractivity contribution is -0.146. The van der Waals surface area contributed by atoms with E-state index < -0.39 is 0 Å². The molecule has 0 amide bonds. The van der Waals surface area contributed by atoms with Crippen LogP contribution in [0.1, 0.15) is 247 Å². The van der Waals surface area contributed by atoms with Gasteiger partial charge < -0.3 is 33.6 Å². The molecule has 11 nitrogen and oxygen atoms in total. The largest absolute Gasteiger partial charge is 0.465 e. The van der Waals surface area contributed by atoms with Crippen LogP contribution in [0.5, 0.6) is 0 Å². The molecule has 0 rings (SSSR count). The van der Waals surface area contributed by atoms with Crippen molar-refractivity contribution in [2.45, 2.75) is 247 Å². The minimum Gasteiger partial charge on any atom is -0.465 e. The summed E-state index contributed by atoms with van der Waals surface area (Å²) in [7, 11) is 13.2. The predicted molar refractivity (Wildman–Crippen MR) is 353 cm³/mol. The van der Waals surface area contributed by atoms with Gasteiger partial charge in [0.25, 0.3) is 0 Å². The second kappa shape index (κ2) is 63.9. The minimum atomic E-state index is -0.183. The van der Waals surface area contributed by atoms with Gasteiger partial charge in [0.2, 0.25) is 0 Å². The Balaban J connectivity index is 5.20. The zero-order valence-electron chi connectivity index (χ0n) is 51.7. The van der Waals surface area contributed by atoms with Crippen molar-refractivity contribution in [3.05, 3.63) is 0 Å². The number of carbonyl (C=O) groups excluding carboxylic acids is 4. The fraction of sp³-hybridized carbons (Fsp3) is 0.935. The maximum absolute atomic E-state index is 13.1. The SMILES string of the molecule is CCCCCCCCSSCCOC(=O)CCCN(CCCN(C)CCCN(CCC(=O)OCCSSCCCCCCCC)CCC(=O)OCC(CCCC)CCCCCC)CCC(=O)OCCSSCCCCCCCC. The lowest BCUT2D eigenvalue weighted by Crippen LogP contribution is -2.34. The van der Waals surface area contributed by atoms with Crippen molar-refractivity contribution in [1.29, 1.82) is 0 Å². The topological polar surface area (TPSA) is 115 Å². The number of unbranched alkanes of at least 4 members (excludes halogenated alkanes) is 19. The molecule has 0 saturated heterocycles. The van der Waals surface area contributed by atoms with Crippen molar-refractivity contribution in [1.82, 2.24) is 14.7 Å². The van der Waals surface area contributed by atoms with Crippen LogP contribution in [-0.2, 0) is 38.1 Å². The molecular formula is C62H121N3O8S6. The van der Waals surface area contributed by atoms with Gasteiger partial charge in [-0.05, 0) is 97.1 Å². The van der Waals surface area contributed by atoms with Crippen LogP contribution in [0.4, 0.5) is 0 Å². The van der Waals surface area contributed by atoms with Crippen LogP contribution in [0.25, 0.3) is 0 Å². The third-order valence-electron chi connectivity index (χ3n) is 14.0. The molecule has 0 aromatic heterocycles. The van der Waals surface area contributed by atoms with Crippen molar-refractivity contribution in [3.63, 3.8) is 0 Å². The Hall–Kier alpha value is -0.140. The molecule has 0 N–H and O–H groups in total. The highest BCUT2D eigenvalue weighted by molar-refractivity contribution is 8.77. The van der Waals surface area contributed by atoms with E-state index in [0.717, 1.165) is 106 Å². The lowest BCUT2D eigenvalue weighted by Gasteiger charge is -2.25. The van der Waals surface area contributed by atoms with Gasteiger partial charge in [0.15, 0.2) is 0 Å². The zero-order chi connectivity index (χ0) is 57.8. The Morgan fingerprint density at radius 2 is 0.633 bits per heavy atom. The molecule has 1 unspecified atom stereocenters. The van der Waals surface area contributed by atoms with Crippen LogP contribution < -0.4 is 0 Å². The first-order valence-corrected chi connectivity index (χ1v) is 39.6. The van der Waals surface area contributed by atoms with E-state index >= 15 is 0 Å². The van der Waals surface area contributed by atoms with Crippen LogP contribution in [0.3, 0.4) is 0 Å². The van der Waals surface area contributed by atoms with Gasteiger partial charge >= 0.3 is 23.9 Å². The van der Waals surface area contributed by atoms with E-state index in [0.29, 0.717) is 84.1 Å². The first-order valence-electron chi connectivity index (χ1n) is 32.2. The second-order valence-corrected chi connectivity index (χ2v) is 29.6. The van der Waals surface area contributed by atoms with Crippen LogP contribution in [0, 0.1) is 5.92 Å². The van der Waals surface area contributed by atoms with Crippen molar-refractivity contribution in [2.24, 2.45) is 5.92 Å². The number of esters is 4. The molecule has 468 valence electrons. The zero-order valence-corrected chi connectivity index (χ0v) is 56.6. The van der Waals surface area contributed by atoms with Gasteiger partial charge in [0, 0.05) is 60.6 Å². The van der Waals surface area contributed by atoms with Gasteiger partial charge in [0.1, 0.15) is 19.8 Å². The molecule has 1 atom stereocenters. The van der Waals surface area contributed by atoms with Gasteiger partial charge in [-0.1, -0.05) is 234 Å². The summed E-state index contributed by atoms with van der Waals surface area (Å²) in [5.74, 6) is 5.61. The van der Waals surface area contributed by atoms with Gasteiger partial charge in [0.05, 0.1) is 25.9 Å². The Kier molecular flexibility index (Phi) is 63.8. The molecule has 0 saturated carbocycles. The summed E-state index contributed by atoms with van der Waals surface area (Å²) in [5.41, 5.74) is 0. The number of hydrogen-bond donors (Lipinski definition) is 0. The first-order chi connectivity index (χ1) is 38.7. The van der Waals surface area contributed by atoms with E-state index in [4.69, 9.17) is 18.9 Å². The molecule has 0 aromatic rings. The van der Waals surface area contributed by atoms with E-state index in [-0.39, 0.29) is 23.9 Å². The van der Waals surface area contributed by atoms with E-state index in [1.165, 1.54) is 141 Å². The average Bonchev–Trinajstić information content (AvgIpc) is 3.44. The highest BCUT2D eigenvalue weighted by atomic mass is 33.1. The summed E-state index contributed by atoms with van der Waals surface area (Å²) >= 11 is 0. The highest BCUT2D eigenvalue weighted by Gasteiger charge is 2.17. The van der Waals surface area contributed by atoms with E-state index in [1.54, 1.807) is 32.4 Å². The Morgan fingerprint density at radius 3 is 1.05 bits per heavy atom. The molecular weight excluding hydrogens is 1110 g/mol. The Bertz CT molecular complexity index is 1350. The van der Waals surface area contributed by atoms with E-state index in [9.17, 15) is 19.2 Å². The van der Waals surface area contributed by atoms with Crippen LogP contribution in [0.2, 0.25) is 0 Å². The number of rotatable bonds is 64. The summed E-state index contributed by atoms with van der Waals surface area (Å²) in [6.07, 6.45) is 36.7. The first kappa shape index (κ1) is 78.9. The molecule has 0 spiro atoms. The van der Waals surface area contributed by atoms with Crippen molar-refractivity contribution < 1.29 is 38.1 Å². The molecule has 0 aliphatic heterocycles. The van der Waals surface area contributed by atoms with Crippen LogP contribution in [0.15, 0.2) is 0 Å². The number of ether oxygens (including phenoxy) is 4. The molecule has 79 heavy (non-hydrogen) atoms. The highest BCUT2D eigenvalue weighted by Crippen LogP contribution is 2.25. The molecule has 0 bridgehead atoms. The molecule has 0 radical (unpaired) electrons. The fourth-order valence-electron chi connectivity index (χ4n) is 9.02. The third-order valence-corrected chi connectivity index (χ3v) is 21.3. The van der Waals surface area contributed by atoms with Crippen molar-refractivity contribution >= 4 is 88.6 Å². The number of nitrogens with zero attached hydrogens (tertiary/aromatic N) is 3. The van der Waals surface area contributed by atoms with Crippen molar-refractivity contribution in [2.75, 3.05) is 120 Å². The standard InChI is InChI=1S/C62H121N3O8S6/c1-7-12-17-21-24-28-51-74-77-54-48-70-59(66)36-31-42-64(45-37-60(67)71-49-55-78-75-52-29-25-22-18-13-8-2)43-32-40-63(6)41-33-44-65(46-38-61(68)72-50-56-79-76-53-30-26-23-19-14-9-3)47-39-62(69)73-57-58(34-16-11-5)35-27-20-15-10-4/h58H,7-57H2,1-6H3. The number of hydrogen-bond acceptors (Lipinski definition) is 17. The van der Waals surface area contributed by atoms with Crippen molar-refractivity contribution in [3.8, 4) is 0 Å². The molecule has 0 heterocycles. The maximum atomic E-state index is 13.1. The minimum absolute atomic E-state index is 0.151. The monoisotopic (exact) mass is 1230 g/mol.